The molecule has 0 unspecified atom stereocenters. The van der Waals surface area contributed by atoms with E-state index in [1.807, 2.05) is 63.2 Å². The SMILES string of the molecule is Cc1cc(C(=O)NC(C)C)ccc1-c1ccc(C[C@H](NC(=O)C2CCC(CN)CC2)C(=O)Nc2ccc(-c3n[nH]c(CCC(=O)O)n3)cc2)cc1.Cl. The molecule has 0 saturated heterocycles. The smallest absolute Gasteiger partial charge is 0.303 e. The fourth-order valence-corrected chi connectivity index (χ4v) is 6.38. The summed E-state index contributed by atoms with van der Waals surface area (Å²) >= 11 is 0. The number of carbonyl (C=O) groups is 4. The maximum absolute atomic E-state index is 13.8. The first-order valence-electron chi connectivity index (χ1n) is 17.5. The number of aromatic nitrogens is 3. The van der Waals surface area contributed by atoms with E-state index in [1.165, 1.54) is 0 Å². The van der Waals surface area contributed by atoms with Gasteiger partial charge < -0.3 is 26.8 Å². The molecular formula is C39H48ClN7O5. The number of aliphatic carboxylic acids is 1. The van der Waals surface area contributed by atoms with Gasteiger partial charge in [0.05, 0.1) is 6.42 Å². The van der Waals surface area contributed by atoms with Gasteiger partial charge in [0.15, 0.2) is 5.82 Å². The number of hydrogen-bond donors (Lipinski definition) is 6. The van der Waals surface area contributed by atoms with Gasteiger partial charge in [0, 0.05) is 41.6 Å². The zero-order valence-corrected chi connectivity index (χ0v) is 30.6. The van der Waals surface area contributed by atoms with Crippen molar-refractivity contribution in [1.82, 2.24) is 25.8 Å². The van der Waals surface area contributed by atoms with Crippen molar-refractivity contribution in [1.29, 1.82) is 0 Å². The Bertz CT molecular complexity index is 1830. The van der Waals surface area contributed by atoms with Gasteiger partial charge in [0.1, 0.15) is 11.9 Å². The predicted molar refractivity (Wildman–Crippen MR) is 203 cm³/mol. The Hall–Kier alpha value is -5.07. The molecule has 3 aromatic carbocycles. The summed E-state index contributed by atoms with van der Waals surface area (Å²) in [5, 5.41) is 24.8. The Kier molecular flexibility index (Phi) is 14.1. The van der Waals surface area contributed by atoms with E-state index in [9.17, 15) is 19.2 Å². The van der Waals surface area contributed by atoms with Crippen LogP contribution in [-0.4, -0.2) is 62.6 Å². The van der Waals surface area contributed by atoms with Crippen LogP contribution in [-0.2, 0) is 27.2 Å². The highest BCUT2D eigenvalue weighted by molar-refractivity contribution is 5.98. The standard InChI is InChI=1S/C39H47N7O5.ClH/c1-23(2)41-38(50)30-14-17-32(24(3)20-30)27-8-4-25(5-9-27)21-33(43-37(49)29-10-6-26(22-40)7-11-29)39(51)42-31-15-12-28(13-16-31)36-44-34(45-46-36)18-19-35(47)48;/h4-5,8-9,12-17,20,23,26,29,33H,6-7,10-11,18-19,21-22,40H2,1-3H3,(H,41,50)(H,42,51)(H,43,49)(H,47,48)(H,44,45,46);1H/t26?,29?,33-;/m0./s1. The van der Waals surface area contributed by atoms with Gasteiger partial charge in [-0.15, -0.1) is 12.4 Å². The van der Waals surface area contributed by atoms with E-state index in [2.05, 4.69) is 31.1 Å². The summed E-state index contributed by atoms with van der Waals surface area (Å²) in [6.07, 6.45) is 3.76. The average molecular weight is 730 g/mol. The molecule has 4 aromatic rings. The molecule has 52 heavy (non-hydrogen) atoms. The number of carboxylic acids is 1. The van der Waals surface area contributed by atoms with Crippen molar-refractivity contribution in [2.24, 2.45) is 17.6 Å². The molecule has 1 aliphatic carbocycles. The van der Waals surface area contributed by atoms with E-state index in [-0.39, 0.29) is 61.4 Å². The van der Waals surface area contributed by atoms with Crippen molar-refractivity contribution >= 4 is 41.8 Å². The molecule has 0 spiro atoms. The number of benzene rings is 3. The van der Waals surface area contributed by atoms with Crippen molar-refractivity contribution in [2.45, 2.75) is 77.8 Å². The number of amides is 3. The van der Waals surface area contributed by atoms with Crippen molar-refractivity contribution in [3.05, 3.63) is 89.2 Å². The van der Waals surface area contributed by atoms with Crippen LogP contribution in [0.5, 0.6) is 0 Å². The van der Waals surface area contributed by atoms with E-state index in [4.69, 9.17) is 10.8 Å². The highest BCUT2D eigenvalue weighted by Crippen LogP contribution is 2.29. The van der Waals surface area contributed by atoms with Gasteiger partial charge in [-0.3, -0.25) is 24.3 Å². The maximum atomic E-state index is 13.8. The zero-order chi connectivity index (χ0) is 36.5. The number of nitrogens with one attached hydrogen (secondary N) is 4. The van der Waals surface area contributed by atoms with Crippen LogP contribution in [0.15, 0.2) is 66.7 Å². The van der Waals surface area contributed by atoms with Crippen LogP contribution in [0.4, 0.5) is 5.69 Å². The molecule has 1 atom stereocenters. The van der Waals surface area contributed by atoms with Crippen LogP contribution < -0.4 is 21.7 Å². The molecule has 3 amide bonds. The average Bonchev–Trinajstić information content (AvgIpc) is 3.60. The predicted octanol–water partition coefficient (Wildman–Crippen LogP) is 5.46. The van der Waals surface area contributed by atoms with Gasteiger partial charge in [-0.2, -0.15) is 5.10 Å². The van der Waals surface area contributed by atoms with Crippen molar-refractivity contribution in [2.75, 3.05) is 11.9 Å². The number of hydrogen-bond acceptors (Lipinski definition) is 7. The van der Waals surface area contributed by atoms with E-state index in [1.54, 1.807) is 24.3 Å². The number of nitrogens with zero attached hydrogens (tertiary/aromatic N) is 2. The number of carboxylic acid groups (broad SMARTS) is 1. The fourth-order valence-electron chi connectivity index (χ4n) is 6.38. The number of carbonyl (C=O) groups excluding carboxylic acids is 3. The zero-order valence-electron chi connectivity index (χ0n) is 29.8. The van der Waals surface area contributed by atoms with Gasteiger partial charge in [-0.05, 0) is 118 Å². The number of rotatable bonds is 14. The van der Waals surface area contributed by atoms with Gasteiger partial charge in [0.2, 0.25) is 11.8 Å². The summed E-state index contributed by atoms with van der Waals surface area (Å²) < 4.78 is 0. The lowest BCUT2D eigenvalue weighted by atomic mass is 9.81. The first-order valence-corrected chi connectivity index (χ1v) is 17.5. The second-order valence-electron chi connectivity index (χ2n) is 13.6. The topological polar surface area (TPSA) is 192 Å². The lowest BCUT2D eigenvalue weighted by Gasteiger charge is -2.28. The largest absolute Gasteiger partial charge is 0.481 e. The number of anilines is 1. The summed E-state index contributed by atoms with van der Waals surface area (Å²) in [5.74, 6) is -0.317. The molecule has 7 N–H and O–H groups in total. The molecule has 12 nitrogen and oxygen atoms in total. The Balaban J connectivity index is 0.00000605. The molecule has 5 rings (SSSR count). The minimum Gasteiger partial charge on any atom is -0.481 e. The fraction of sp³-hybridized carbons (Fsp3) is 0.385. The monoisotopic (exact) mass is 729 g/mol. The highest BCUT2D eigenvalue weighted by atomic mass is 35.5. The van der Waals surface area contributed by atoms with Crippen molar-refractivity contribution < 1.29 is 24.3 Å². The maximum Gasteiger partial charge on any atom is 0.303 e. The third-order valence-corrected chi connectivity index (χ3v) is 9.32. The van der Waals surface area contributed by atoms with E-state index < -0.39 is 12.0 Å². The van der Waals surface area contributed by atoms with Gasteiger partial charge in [0.25, 0.3) is 5.91 Å². The van der Waals surface area contributed by atoms with Crippen molar-refractivity contribution in [3.63, 3.8) is 0 Å². The number of H-pyrrole nitrogens is 1. The lowest BCUT2D eigenvalue weighted by molar-refractivity contribution is -0.137. The molecule has 276 valence electrons. The molecule has 1 heterocycles. The van der Waals surface area contributed by atoms with Crippen LogP contribution in [0.25, 0.3) is 22.5 Å². The molecule has 1 saturated carbocycles. The molecule has 1 aliphatic rings. The van der Waals surface area contributed by atoms with Crippen LogP contribution in [0.1, 0.15) is 73.3 Å². The molecule has 1 fully saturated rings. The van der Waals surface area contributed by atoms with Crippen molar-refractivity contribution in [3.8, 4) is 22.5 Å². The third-order valence-electron chi connectivity index (χ3n) is 9.32. The van der Waals surface area contributed by atoms with Gasteiger partial charge >= 0.3 is 5.97 Å². The molecule has 1 aromatic heterocycles. The Morgan fingerprint density at radius 1 is 0.923 bits per heavy atom. The summed E-state index contributed by atoms with van der Waals surface area (Å²) in [4.78, 5) is 54.9. The van der Waals surface area contributed by atoms with E-state index in [0.717, 1.165) is 47.9 Å². The number of nitrogens with two attached hydrogens (primary N) is 1. The Morgan fingerprint density at radius 2 is 1.60 bits per heavy atom. The quantitative estimate of drug-likeness (QED) is 0.0986. The molecule has 0 bridgehead atoms. The molecular weight excluding hydrogens is 682 g/mol. The summed E-state index contributed by atoms with van der Waals surface area (Å²) in [7, 11) is 0. The van der Waals surface area contributed by atoms with Crippen LogP contribution in [0, 0.1) is 18.8 Å². The van der Waals surface area contributed by atoms with E-state index >= 15 is 0 Å². The lowest BCUT2D eigenvalue weighted by Crippen LogP contribution is -2.48. The van der Waals surface area contributed by atoms with Crippen LogP contribution in [0.2, 0.25) is 0 Å². The normalized spacial score (nSPS) is 16.0. The van der Waals surface area contributed by atoms with Gasteiger partial charge in [-0.1, -0.05) is 30.3 Å². The highest BCUT2D eigenvalue weighted by Gasteiger charge is 2.29. The van der Waals surface area contributed by atoms with Crippen LogP contribution >= 0.6 is 12.4 Å². The third kappa shape index (κ3) is 10.7. The first-order chi connectivity index (χ1) is 24.5. The minimum absolute atomic E-state index is 0. The van der Waals surface area contributed by atoms with Crippen LogP contribution in [0.3, 0.4) is 0 Å². The second-order valence-corrected chi connectivity index (χ2v) is 13.6. The first kappa shape index (κ1) is 39.7. The second kappa shape index (κ2) is 18.4. The Morgan fingerprint density at radius 3 is 2.21 bits per heavy atom. The Labute approximate surface area is 310 Å². The number of aryl methyl sites for hydroxylation is 2. The minimum atomic E-state index is -0.913. The molecule has 0 radical (unpaired) electrons. The summed E-state index contributed by atoms with van der Waals surface area (Å²) in [6.45, 7) is 6.45. The van der Waals surface area contributed by atoms with Gasteiger partial charge in [-0.25, -0.2) is 4.98 Å². The molecule has 13 heteroatoms. The number of halogens is 1. The molecule has 0 aliphatic heterocycles. The summed E-state index contributed by atoms with van der Waals surface area (Å²) in [6, 6.07) is 19.8. The van der Waals surface area contributed by atoms with E-state index in [0.29, 0.717) is 40.9 Å². The summed E-state index contributed by atoms with van der Waals surface area (Å²) in [5.41, 5.74) is 11.6. The number of aromatic amines is 1.